The number of hydrogen-bond donors (Lipinski definition) is 1. The van der Waals surface area contributed by atoms with Gasteiger partial charge in [0.05, 0.1) is 6.20 Å². The molecule has 1 aromatic rings. The quantitative estimate of drug-likeness (QED) is 0.814. The summed E-state index contributed by atoms with van der Waals surface area (Å²) in [5, 5.41) is 0. The van der Waals surface area contributed by atoms with Gasteiger partial charge in [0, 0.05) is 12.6 Å². The molecule has 16 heavy (non-hydrogen) atoms. The van der Waals surface area contributed by atoms with Crippen molar-refractivity contribution in [3.8, 4) is 5.75 Å². The van der Waals surface area contributed by atoms with E-state index in [9.17, 15) is 13.2 Å². The molecule has 90 valence electrons. The zero-order valence-corrected chi connectivity index (χ0v) is 8.79. The van der Waals surface area contributed by atoms with Crippen LogP contribution in [0.15, 0.2) is 24.5 Å². The van der Waals surface area contributed by atoms with Crippen LogP contribution >= 0.6 is 0 Å². The molecule has 0 aliphatic rings. The molecule has 0 aliphatic heterocycles. The van der Waals surface area contributed by atoms with E-state index < -0.39 is 11.9 Å². The number of rotatable bonds is 4. The fourth-order valence-electron chi connectivity index (χ4n) is 1.24. The van der Waals surface area contributed by atoms with Crippen LogP contribution in [-0.2, 0) is 0 Å². The van der Waals surface area contributed by atoms with Crippen molar-refractivity contribution in [2.24, 2.45) is 5.73 Å². The Hall–Kier alpha value is -1.30. The highest BCUT2D eigenvalue weighted by Gasteiger charge is 2.54. The lowest BCUT2D eigenvalue weighted by molar-refractivity contribution is -0.249. The molecular weight excluding hydrogens is 221 g/mol. The van der Waals surface area contributed by atoms with E-state index in [-0.39, 0.29) is 18.6 Å². The van der Waals surface area contributed by atoms with Gasteiger partial charge in [-0.15, -0.1) is 0 Å². The van der Waals surface area contributed by atoms with E-state index >= 15 is 0 Å². The van der Waals surface area contributed by atoms with Crippen LogP contribution in [0.4, 0.5) is 13.2 Å². The molecule has 0 aromatic carbocycles. The molecule has 0 radical (unpaired) electrons. The first-order chi connectivity index (χ1) is 7.39. The molecule has 1 aromatic heterocycles. The van der Waals surface area contributed by atoms with Crippen molar-refractivity contribution in [3.05, 3.63) is 24.5 Å². The molecule has 0 saturated heterocycles. The maximum atomic E-state index is 12.7. The Morgan fingerprint density at radius 3 is 2.56 bits per heavy atom. The van der Waals surface area contributed by atoms with Crippen molar-refractivity contribution in [2.75, 3.05) is 0 Å². The van der Waals surface area contributed by atoms with E-state index in [1.165, 1.54) is 24.5 Å². The van der Waals surface area contributed by atoms with Gasteiger partial charge in [-0.05, 0) is 12.1 Å². The van der Waals surface area contributed by atoms with E-state index in [0.717, 1.165) is 0 Å². The van der Waals surface area contributed by atoms with Crippen LogP contribution in [-0.4, -0.2) is 16.9 Å². The predicted molar refractivity (Wildman–Crippen MR) is 52.7 cm³/mol. The van der Waals surface area contributed by atoms with E-state index in [2.05, 4.69) is 4.98 Å². The average molecular weight is 234 g/mol. The molecule has 1 heterocycles. The fourth-order valence-corrected chi connectivity index (χ4v) is 1.24. The zero-order chi connectivity index (χ0) is 12.2. The second kappa shape index (κ2) is 4.69. The van der Waals surface area contributed by atoms with Gasteiger partial charge in [-0.25, -0.2) is 0 Å². The van der Waals surface area contributed by atoms with Crippen molar-refractivity contribution in [1.29, 1.82) is 0 Å². The summed E-state index contributed by atoms with van der Waals surface area (Å²) in [6, 6.07) is 2.87. The summed E-state index contributed by atoms with van der Waals surface area (Å²) >= 11 is 0. The van der Waals surface area contributed by atoms with Crippen LogP contribution < -0.4 is 10.5 Å². The summed E-state index contributed by atoms with van der Waals surface area (Å²) in [7, 11) is 0. The molecule has 0 aliphatic carbocycles. The summed E-state index contributed by atoms with van der Waals surface area (Å²) in [4.78, 5) is 3.66. The third-order valence-corrected chi connectivity index (χ3v) is 2.04. The van der Waals surface area contributed by atoms with Crippen molar-refractivity contribution >= 4 is 0 Å². The average Bonchev–Trinajstić information content (AvgIpc) is 2.17. The Balaban J connectivity index is 2.88. The van der Waals surface area contributed by atoms with Gasteiger partial charge < -0.3 is 4.74 Å². The molecule has 3 nitrogen and oxygen atoms in total. The molecule has 0 amide bonds. The molecule has 0 bridgehead atoms. The molecule has 1 rings (SSSR count). The molecule has 1 atom stereocenters. The standard InChI is InChI=1S/C10H13F3N2O/c1-2-5-9(14,10(11,12)13)16-8-4-3-6-15-7-8/h3-4,6-7H,2,5,14H2,1H3. The first-order valence-corrected chi connectivity index (χ1v) is 4.83. The third-order valence-electron chi connectivity index (χ3n) is 2.04. The number of pyridine rings is 1. The van der Waals surface area contributed by atoms with Gasteiger partial charge in [0.15, 0.2) is 0 Å². The Labute approximate surface area is 91.4 Å². The number of halogens is 3. The number of nitrogens with two attached hydrogens (primary N) is 1. The number of aromatic nitrogens is 1. The van der Waals surface area contributed by atoms with Crippen molar-refractivity contribution in [3.63, 3.8) is 0 Å². The van der Waals surface area contributed by atoms with Crippen LogP contribution in [0.5, 0.6) is 5.75 Å². The Kier molecular flexibility index (Phi) is 3.74. The normalized spacial score (nSPS) is 15.6. The van der Waals surface area contributed by atoms with E-state index in [4.69, 9.17) is 10.5 Å². The maximum absolute atomic E-state index is 12.7. The highest BCUT2D eigenvalue weighted by atomic mass is 19.4. The lowest BCUT2D eigenvalue weighted by atomic mass is 10.1. The molecule has 2 N–H and O–H groups in total. The summed E-state index contributed by atoms with van der Waals surface area (Å²) in [6.45, 7) is 1.61. The molecular formula is C10H13F3N2O. The van der Waals surface area contributed by atoms with Crippen LogP contribution in [0.25, 0.3) is 0 Å². The van der Waals surface area contributed by atoms with Crippen molar-refractivity contribution in [1.82, 2.24) is 4.98 Å². The van der Waals surface area contributed by atoms with Crippen LogP contribution in [0, 0.1) is 0 Å². The Bertz CT molecular complexity index is 329. The van der Waals surface area contributed by atoms with Crippen molar-refractivity contribution in [2.45, 2.75) is 31.7 Å². The molecule has 0 fully saturated rings. The molecule has 0 saturated carbocycles. The highest BCUT2D eigenvalue weighted by Crippen LogP contribution is 2.33. The van der Waals surface area contributed by atoms with E-state index in [1.54, 1.807) is 6.92 Å². The minimum atomic E-state index is -4.61. The summed E-state index contributed by atoms with van der Waals surface area (Å²) in [6.07, 6.45) is -2.00. The van der Waals surface area contributed by atoms with Gasteiger partial charge in [0.25, 0.3) is 5.72 Å². The largest absolute Gasteiger partial charge is 0.462 e. The van der Waals surface area contributed by atoms with E-state index in [1.807, 2.05) is 0 Å². The van der Waals surface area contributed by atoms with Gasteiger partial charge in [-0.2, -0.15) is 13.2 Å². The summed E-state index contributed by atoms with van der Waals surface area (Å²) in [5.74, 6) is 0.00998. The number of nitrogens with zero attached hydrogens (tertiary/aromatic N) is 1. The Morgan fingerprint density at radius 2 is 2.12 bits per heavy atom. The van der Waals surface area contributed by atoms with Gasteiger partial charge in [0.2, 0.25) is 0 Å². The minimum Gasteiger partial charge on any atom is -0.462 e. The van der Waals surface area contributed by atoms with Crippen molar-refractivity contribution < 1.29 is 17.9 Å². The smallest absolute Gasteiger partial charge is 0.442 e. The lowest BCUT2D eigenvalue weighted by Crippen LogP contribution is -2.58. The second-order valence-electron chi connectivity index (χ2n) is 3.43. The monoisotopic (exact) mass is 234 g/mol. The first kappa shape index (κ1) is 12.8. The van der Waals surface area contributed by atoms with Gasteiger partial charge >= 0.3 is 6.18 Å². The lowest BCUT2D eigenvalue weighted by Gasteiger charge is -2.31. The summed E-state index contributed by atoms with van der Waals surface area (Å²) in [5.41, 5.74) is 2.59. The van der Waals surface area contributed by atoms with Crippen LogP contribution in [0.2, 0.25) is 0 Å². The van der Waals surface area contributed by atoms with Gasteiger partial charge in [-0.3, -0.25) is 10.7 Å². The zero-order valence-electron chi connectivity index (χ0n) is 8.79. The SMILES string of the molecule is CCCC(N)(Oc1cccnc1)C(F)(F)F. The highest BCUT2D eigenvalue weighted by molar-refractivity contribution is 5.17. The first-order valence-electron chi connectivity index (χ1n) is 4.83. The number of ether oxygens (including phenoxy) is 1. The van der Waals surface area contributed by atoms with E-state index in [0.29, 0.717) is 0 Å². The third kappa shape index (κ3) is 2.85. The molecule has 0 spiro atoms. The fraction of sp³-hybridized carbons (Fsp3) is 0.500. The summed E-state index contributed by atoms with van der Waals surface area (Å²) < 4.78 is 42.9. The van der Waals surface area contributed by atoms with Gasteiger partial charge in [-0.1, -0.05) is 13.3 Å². The molecule has 1 unspecified atom stereocenters. The minimum absolute atomic E-state index is 0.00998. The molecule has 6 heteroatoms. The van der Waals surface area contributed by atoms with Gasteiger partial charge in [0.1, 0.15) is 5.75 Å². The van der Waals surface area contributed by atoms with Crippen LogP contribution in [0.3, 0.4) is 0 Å². The maximum Gasteiger partial charge on any atom is 0.442 e. The second-order valence-corrected chi connectivity index (χ2v) is 3.43. The van der Waals surface area contributed by atoms with Crippen LogP contribution in [0.1, 0.15) is 19.8 Å². The topological polar surface area (TPSA) is 48.1 Å². The number of alkyl halides is 3. The number of hydrogen-bond acceptors (Lipinski definition) is 3. The predicted octanol–water partition coefficient (Wildman–Crippen LogP) is 2.48. The Morgan fingerprint density at radius 1 is 1.44 bits per heavy atom.